The predicted octanol–water partition coefficient (Wildman–Crippen LogP) is 2.96. The number of hydrogen-bond acceptors (Lipinski definition) is 4. The Kier molecular flexibility index (Phi) is 3.82. The Morgan fingerprint density at radius 1 is 1.22 bits per heavy atom. The highest BCUT2D eigenvalue weighted by Crippen LogP contribution is 2.47. The van der Waals surface area contributed by atoms with Crippen LogP contribution in [0.5, 0.6) is 0 Å². The number of piperidine rings is 3. The number of carbonyl (C=O) groups excluding carboxylic acids is 1. The van der Waals surface area contributed by atoms with E-state index in [1.165, 1.54) is 6.39 Å². The number of fused-ring (bicyclic) bond motifs is 2. The fraction of sp³-hybridized carbons (Fsp3) is 0.500. The average Bonchev–Trinajstić information content (AvgIpc) is 3.30. The molecule has 0 unspecified atom stereocenters. The molecule has 0 spiro atoms. The number of likely N-dealkylation sites (tertiary alicyclic amines) is 1. The molecule has 5 heterocycles. The molecule has 0 radical (unpaired) electrons. The molecule has 142 valence electrons. The number of aromatic nitrogens is 1. The van der Waals surface area contributed by atoms with Crippen LogP contribution in [0.1, 0.15) is 40.6 Å². The Balaban J connectivity index is 1.57. The Bertz CT molecular complexity index is 891. The third kappa shape index (κ3) is 2.44. The fourth-order valence-electron chi connectivity index (χ4n) is 5.38. The van der Waals surface area contributed by atoms with E-state index in [1.807, 2.05) is 4.90 Å². The SMILES string of the molecule is Cc1ocnc1C(=O)N1C[C@H](c2cccc(F)c2F)[C@@H]2[C@H]1C1CCN2CC1. The predicted molar refractivity (Wildman–Crippen MR) is 93.2 cm³/mol. The first-order valence-electron chi connectivity index (χ1n) is 9.45. The maximum atomic E-state index is 14.6. The molecule has 0 saturated carbocycles. The van der Waals surface area contributed by atoms with Gasteiger partial charge in [0.25, 0.3) is 5.91 Å². The highest BCUT2D eigenvalue weighted by molar-refractivity contribution is 5.93. The Hall–Kier alpha value is -2.28. The van der Waals surface area contributed by atoms with Gasteiger partial charge >= 0.3 is 0 Å². The van der Waals surface area contributed by atoms with Crippen molar-refractivity contribution in [3.8, 4) is 0 Å². The van der Waals surface area contributed by atoms with Gasteiger partial charge in [-0.2, -0.15) is 0 Å². The van der Waals surface area contributed by atoms with Crippen molar-refractivity contribution in [2.45, 2.75) is 37.8 Å². The summed E-state index contributed by atoms with van der Waals surface area (Å²) < 4.78 is 33.7. The monoisotopic (exact) mass is 373 g/mol. The number of carbonyl (C=O) groups is 1. The summed E-state index contributed by atoms with van der Waals surface area (Å²) in [7, 11) is 0. The summed E-state index contributed by atoms with van der Waals surface area (Å²) in [5.41, 5.74) is 0.676. The van der Waals surface area contributed by atoms with Gasteiger partial charge < -0.3 is 9.32 Å². The van der Waals surface area contributed by atoms with Gasteiger partial charge in [0.2, 0.25) is 0 Å². The van der Waals surface area contributed by atoms with E-state index in [1.54, 1.807) is 19.1 Å². The van der Waals surface area contributed by atoms with Gasteiger partial charge in [-0.25, -0.2) is 13.8 Å². The van der Waals surface area contributed by atoms with E-state index in [4.69, 9.17) is 4.42 Å². The lowest BCUT2D eigenvalue weighted by molar-refractivity contribution is -0.00379. The lowest BCUT2D eigenvalue weighted by Gasteiger charge is -2.51. The summed E-state index contributed by atoms with van der Waals surface area (Å²) in [4.78, 5) is 21.5. The molecule has 4 fully saturated rings. The van der Waals surface area contributed by atoms with Crippen LogP contribution in [0.4, 0.5) is 8.78 Å². The van der Waals surface area contributed by atoms with Crippen LogP contribution in [0, 0.1) is 24.5 Å². The third-order valence-corrected chi connectivity index (χ3v) is 6.58. The molecule has 4 aliphatic heterocycles. The van der Waals surface area contributed by atoms with Crippen molar-refractivity contribution in [3.05, 3.63) is 53.2 Å². The second-order valence-electron chi connectivity index (χ2n) is 7.82. The molecule has 4 aliphatic rings. The molecule has 27 heavy (non-hydrogen) atoms. The number of benzene rings is 1. The number of rotatable bonds is 2. The minimum atomic E-state index is -0.836. The molecule has 4 saturated heterocycles. The standard InChI is InChI=1S/C20H21F2N3O2/c1-11-17(23-10-27-11)20(26)25-9-14(13-3-2-4-15(21)16(13)22)19-18(25)12-5-7-24(19)8-6-12/h2-4,10,12,14,18-19H,5-9H2,1H3/t14-,18-,19-/m1/s1. The molecule has 0 N–H and O–H groups in total. The number of aryl methyl sites for hydroxylation is 1. The Morgan fingerprint density at radius 3 is 2.70 bits per heavy atom. The lowest BCUT2D eigenvalue weighted by Crippen LogP contribution is -2.60. The van der Waals surface area contributed by atoms with E-state index in [-0.39, 0.29) is 23.9 Å². The topological polar surface area (TPSA) is 49.6 Å². The van der Waals surface area contributed by atoms with Crippen LogP contribution >= 0.6 is 0 Å². The van der Waals surface area contributed by atoms with E-state index in [0.29, 0.717) is 29.5 Å². The second kappa shape index (κ2) is 6.12. The number of oxazole rings is 1. The molecular weight excluding hydrogens is 352 g/mol. The highest BCUT2D eigenvalue weighted by atomic mass is 19.2. The number of nitrogens with zero attached hydrogens (tertiary/aromatic N) is 3. The van der Waals surface area contributed by atoms with Gasteiger partial charge in [0.05, 0.1) is 6.04 Å². The van der Waals surface area contributed by atoms with Gasteiger partial charge in [-0.05, 0) is 50.4 Å². The molecule has 1 aromatic heterocycles. The summed E-state index contributed by atoms with van der Waals surface area (Å²) >= 11 is 0. The van der Waals surface area contributed by atoms with Gasteiger partial charge in [0.1, 0.15) is 5.76 Å². The largest absolute Gasteiger partial charge is 0.448 e. The normalized spacial score (nSPS) is 32.0. The van der Waals surface area contributed by atoms with Gasteiger partial charge in [0, 0.05) is 18.5 Å². The van der Waals surface area contributed by atoms with Crippen molar-refractivity contribution in [1.82, 2.24) is 14.8 Å². The van der Waals surface area contributed by atoms with Gasteiger partial charge in [-0.3, -0.25) is 9.69 Å². The molecule has 2 aromatic rings. The summed E-state index contributed by atoms with van der Waals surface area (Å²) in [6.07, 6.45) is 3.33. The smallest absolute Gasteiger partial charge is 0.276 e. The molecular formula is C20H21F2N3O2. The molecule has 7 heteroatoms. The number of amides is 1. The first-order valence-corrected chi connectivity index (χ1v) is 9.45. The van der Waals surface area contributed by atoms with E-state index in [2.05, 4.69) is 9.88 Å². The highest BCUT2D eigenvalue weighted by Gasteiger charge is 2.55. The van der Waals surface area contributed by atoms with Crippen molar-refractivity contribution >= 4 is 5.91 Å². The summed E-state index contributed by atoms with van der Waals surface area (Å²) in [6.45, 7) is 3.98. The minimum absolute atomic E-state index is 0.00349. The third-order valence-electron chi connectivity index (χ3n) is 6.58. The van der Waals surface area contributed by atoms with Crippen LogP contribution in [0.2, 0.25) is 0 Å². The molecule has 3 atom stereocenters. The first-order chi connectivity index (χ1) is 13.1. The zero-order chi connectivity index (χ0) is 18.7. The van der Waals surface area contributed by atoms with E-state index in [9.17, 15) is 13.6 Å². The second-order valence-corrected chi connectivity index (χ2v) is 7.82. The van der Waals surface area contributed by atoms with Crippen molar-refractivity contribution in [3.63, 3.8) is 0 Å². The Morgan fingerprint density at radius 2 is 2.00 bits per heavy atom. The van der Waals surface area contributed by atoms with Gasteiger partial charge in [-0.15, -0.1) is 0 Å². The summed E-state index contributed by atoms with van der Waals surface area (Å²) in [5.74, 6) is -1.18. The maximum Gasteiger partial charge on any atom is 0.276 e. The van der Waals surface area contributed by atoms with Crippen molar-refractivity contribution in [2.24, 2.45) is 5.92 Å². The molecule has 1 aromatic carbocycles. The molecule has 2 bridgehead atoms. The van der Waals surface area contributed by atoms with Crippen LogP contribution in [-0.4, -0.2) is 52.4 Å². The minimum Gasteiger partial charge on any atom is -0.448 e. The number of halogens is 2. The van der Waals surface area contributed by atoms with Crippen LogP contribution in [0.25, 0.3) is 0 Å². The van der Waals surface area contributed by atoms with Crippen molar-refractivity contribution < 1.29 is 18.0 Å². The quantitative estimate of drug-likeness (QED) is 0.812. The zero-order valence-corrected chi connectivity index (χ0v) is 15.1. The van der Waals surface area contributed by atoms with Crippen molar-refractivity contribution in [1.29, 1.82) is 0 Å². The summed E-state index contributed by atoms with van der Waals surface area (Å²) in [5, 5.41) is 0. The average molecular weight is 373 g/mol. The van der Waals surface area contributed by atoms with E-state index in [0.717, 1.165) is 32.0 Å². The fourth-order valence-corrected chi connectivity index (χ4v) is 5.38. The Labute approximate surface area is 156 Å². The van der Waals surface area contributed by atoms with Gasteiger partial charge in [-0.1, -0.05) is 12.1 Å². The molecule has 5 nitrogen and oxygen atoms in total. The van der Waals surface area contributed by atoms with Crippen LogP contribution in [0.3, 0.4) is 0 Å². The number of hydrogen-bond donors (Lipinski definition) is 0. The first kappa shape index (κ1) is 16.9. The zero-order valence-electron chi connectivity index (χ0n) is 15.1. The van der Waals surface area contributed by atoms with Crippen LogP contribution in [0.15, 0.2) is 29.0 Å². The summed E-state index contributed by atoms with van der Waals surface area (Å²) in [6, 6.07) is 4.36. The van der Waals surface area contributed by atoms with Crippen molar-refractivity contribution in [2.75, 3.05) is 19.6 Å². The molecule has 1 amide bonds. The van der Waals surface area contributed by atoms with E-state index >= 15 is 0 Å². The molecule has 0 aliphatic carbocycles. The lowest BCUT2D eigenvalue weighted by atomic mass is 9.75. The van der Waals surface area contributed by atoms with Crippen LogP contribution < -0.4 is 0 Å². The van der Waals surface area contributed by atoms with Crippen LogP contribution in [-0.2, 0) is 0 Å². The maximum absolute atomic E-state index is 14.6. The molecule has 6 rings (SSSR count). The van der Waals surface area contributed by atoms with Gasteiger partial charge in [0.15, 0.2) is 23.7 Å². The van der Waals surface area contributed by atoms with E-state index < -0.39 is 11.6 Å².